The lowest BCUT2D eigenvalue weighted by Gasteiger charge is -2.33. The van der Waals surface area contributed by atoms with Gasteiger partial charge in [-0.3, -0.25) is 4.79 Å². The normalized spacial score (nSPS) is 23.9. The molecular weight excluding hydrogens is 588 g/mol. The molecule has 6 rings (SSSR count). The summed E-state index contributed by atoms with van der Waals surface area (Å²) in [6, 6.07) is 14.1. The molecule has 3 unspecified atom stereocenters. The molecule has 43 heavy (non-hydrogen) atoms. The zero-order chi connectivity index (χ0) is 30.4. The zero-order valence-corrected chi connectivity index (χ0v) is 25.9. The van der Waals surface area contributed by atoms with Gasteiger partial charge in [-0.15, -0.1) is 16.4 Å². The maximum Gasteiger partial charge on any atom is 0.225 e. The van der Waals surface area contributed by atoms with E-state index in [4.69, 9.17) is 4.98 Å². The van der Waals surface area contributed by atoms with Gasteiger partial charge in [-0.1, -0.05) is 12.1 Å². The topological polar surface area (TPSA) is 129 Å². The third-order valence-corrected chi connectivity index (χ3v) is 11.8. The van der Waals surface area contributed by atoms with Crippen LogP contribution in [0.15, 0.2) is 36.4 Å². The molecule has 3 aliphatic rings. The second-order valence-electron chi connectivity index (χ2n) is 12.2. The Bertz CT molecular complexity index is 1640. The van der Waals surface area contributed by atoms with Gasteiger partial charge >= 0.3 is 0 Å². The number of carbonyl (C=O) groups excluding carboxylic acids is 1. The average Bonchev–Trinajstić information content (AvgIpc) is 3.64. The first-order valence-corrected chi connectivity index (χ1v) is 17.6. The Morgan fingerprint density at radius 3 is 2.42 bits per heavy atom. The summed E-state index contributed by atoms with van der Waals surface area (Å²) >= 11 is 1.48. The van der Waals surface area contributed by atoms with Crippen LogP contribution >= 0.6 is 11.3 Å². The van der Waals surface area contributed by atoms with Crippen LogP contribution in [0.1, 0.15) is 62.3 Å². The molecule has 3 heterocycles. The van der Waals surface area contributed by atoms with E-state index in [1.54, 1.807) is 0 Å². The lowest BCUT2D eigenvalue weighted by molar-refractivity contribution is -0.128. The van der Waals surface area contributed by atoms with Crippen LogP contribution in [0.2, 0.25) is 0 Å². The van der Waals surface area contributed by atoms with Gasteiger partial charge in [0.25, 0.3) is 0 Å². The number of rotatable bonds is 7. The van der Waals surface area contributed by atoms with E-state index in [1.807, 2.05) is 43.3 Å². The molecule has 226 valence electrons. The van der Waals surface area contributed by atoms with Crippen molar-refractivity contribution >= 4 is 32.8 Å². The fraction of sp³-hybridized carbons (Fsp3) is 0.516. The number of piperidine rings is 1. The van der Waals surface area contributed by atoms with Crippen LogP contribution in [0.5, 0.6) is 0 Å². The molecule has 2 aromatic heterocycles. The molecule has 9 nitrogen and oxygen atoms in total. The number of hydrogen-bond donors (Lipinski definition) is 1. The number of carbonyl (C=O) groups is 1. The molecular formula is C31H35FN6O3S2. The fourth-order valence-electron chi connectivity index (χ4n) is 6.23. The maximum absolute atomic E-state index is 14.7. The van der Waals surface area contributed by atoms with Crippen LogP contribution in [0.3, 0.4) is 0 Å². The molecule has 1 aromatic carbocycles. The zero-order valence-electron chi connectivity index (χ0n) is 24.3. The molecule has 0 spiro atoms. The van der Waals surface area contributed by atoms with Crippen molar-refractivity contribution in [3.63, 3.8) is 0 Å². The first kappa shape index (κ1) is 29.6. The van der Waals surface area contributed by atoms with Gasteiger partial charge in [0.05, 0.1) is 27.6 Å². The number of aromatic nitrogens is 3. The van der Waals surface area contributed by atoms with Crippen LogP contribution in [0.25, 0.3) is 21.1 Å². The number of halogens is 1. The first-order chi connectivity index (χ1) is 20.5. The molecule has 1 aliphatic heterocycles. The number of anilines is 1. The number of thiazole rings is 1. The number of hydrogen-bond acceptors (Lipinski definition) is 9. The smallest absolute Gasteiger partial charge is 0.225 e. The first-order valence-electron chi connectivity index (χ1n) is 14.8. The van der Waals surface area contributed by atoms with E-state index < -0.39 is 27.5 Å². The highest BCUT2D eigenvalue weighted by molar-refractivity contribution is 7.91. The van der Waals surface area contributed by atoms with Crippen LogP contribution in [0.4, 0.5) is 10.1 Å². The summed E-state index contributed by atoms with van der Waals surface area (Å²) in [5, 5.41) is 21.4. The number of sulfone groups is 1. The Morgan fingerprint density at radius 2 is 1.81 bits per heavy atom. The van der Waals surface area contributed by atoms with Gasteiger partial charge in [0.2, 0.25) is 5.91 Å². The van der Waals surface area contributed by atoms with E-state index >= 15 is 0 Å². The monoisotopic (exact) mass is 622 g/mol. The summed E-state index contributed by atoms with van der Waals surface area (Å²) in [6.07, 6.45) is 3.58. The largest absolute Gasteiger partial charge is 0.371 e. The highest BCUT2D eigenvalue weighted by Crippen LogP contribution is 2.47. The van der Waals surface area contributed by atoms with Crippen molar-refractivity contribution in [3.05, 3.63) is 47.8 Å². The molecule has 12 heteroatoms. The van der Waals surface area contributed by atoms with E-state index in [2.05, 4.69) is 26.5 Å². The van der Waals surface area contributed by atoms with Gasteiger partial charge in [-0.2, -0.15) is 10.4 Å². The lowest BCUT2D eigenvalue weighted by Crippen LogP contribution is -2.44. The number of aryl methyl sites for hydroxylation is 1. The highest BCUT2D eigenvalue weighted by atomic mass is 32.2. The number of nitrogens with one attached hydrogen (secondary N) is 1. The number of benzene rings is 1. The third-order valence-electron chi connectivity index (χ3n) is 9.01. The molecule has 0 radical (unpaired) electrons. The van der Waals surface area contributed by atoms with Crippen molar-refractivity contribution in [1.82, 2.24) is 20.5 Å². The maximum atomic E-state index is 14.7. The van der Waals surface area contributed by atoms with Gasteiger partial charge in [0.15, 0.2) is 0 Å². The molecule has 1 amide bonds. The molecule has 2 saturated carbocycles. The average molecular weight is 623 g/mol. The summed E-state index contributed by atoms with van der Waals surface area (Å²) in [5.41, 5.74) is 3.30. The van der Waals surface area contributed by atoms with Crippen LogP contribution in [-0.2, 0) is 14.6 Å². The second-order valence-corrected chi connectivity index (χ2v) is 15.5. The van der Waals surface area contributed by atoms with E-state index in [1.165, 1.54) is 17.6 Å². The van der Waals surface area contributed by atoms with Crippen molar-refractivity contribution in [2.75, 3.05) is 24.2 Å². The van der Waals surface area contributed by atoms with Crippen molar-refractivity contribution in [1.29, 1.82) is 5.26 Å². The molecule has 3 aromatic rings. The number of alkyl halides is 1. The number of nitrogens with zero attached hydrogens (tertiary/aromatic N) is 5. The summed E-state index contributed by atoms with van der Waals surface area (Å²) in [6.45, 7) is 3.21. The predicted octanol–water partition coefficient (Wildman–Crippen LogP) is 4.98. The summed E-state index contributed by atoms with van der Waals surface area (Å²) in [4.78, 5) is 21.6. The van der Waals surface area contributed by atoms with Crippen molar-refractivity contribution < 1.29 is 17.6 Å². The molecule has 3 fully saturated rings. The minimum atomic E-state index is -3.05. The molecule has 1 saturated heterocycles. The summed E-state index contributed by atoms with van der Waals surface area (Å²) in [7, 11) is -3.05. The van der Waals surface area contributed by atoms with Crippen molar-refractivity contribution in [2.45, 2.75) is 74.7 Å². The summed E-state index contributed by atoms with van der Waals surface area (Å²) in [5.74, 6) is -1.23. The SMILES string of the molecule is Cc1ccc(-c2nc(C3CCC(F)CC3C(=O)NC3(C#N)CC3)c(-c3ccc(N4CCC(S(C)(=O)=O)CC4)cc3)s2)nn1. The van der Waals surface area contributed by atoms with Crippen LogP contribution in [0, 0.1) is 24.2 Å². The van der Waals surface area contributed by atoms with Crippen LogP contribution in [-0.4, -0.2) is 65.8 Å². The minimum Gasteiger partial charge on any atom is -0.371 e. The molecule has 3 atom stereocenters. The van der Waals surface area contributed by atoms with E-state index in [0.717, 1.165) is 27.5 Å². The van der Waals surface area contributed by atoms with Gasteiger partial charge in [0, 0.05) is 36.9 Å². The Morgan fingerprint density at radius 1 is 1.09 bits per heavy atom. The molecule has 0 bridgehead atoms. The van der Waals surface area contributed by atoms with Crippen molar-refractivity contribution in [3.8, 4) is 27.2 Å². The van der Waals surface area contributed by atoms with Gasteiger partial charge in [-0.25, -0.2) is 17.8 Å². The second kappa shape index (κ2) is 11.6. The summed E-state index contributed by atoms with van der Waals surface area (Å²) < 4.78 is 38.7. The Balaban J connectivity index is 1.32. The predicted molar refractivity (Wildman–Crippen MR) is 164 cm³/mol. The van der Waals surface area contributed by atoms with E-state index in [0.29, 0.717) is 62.3 Å². The van der Waals surface area contributed by atoms with Gasteiger partial charge in [-0.05, 0) is 81.7 Å². The van der Waals surface area contributed by atoms with E-state index in [-0.39, 0.29) is 23.5 Å². The number of amides is 1. The third kappa shape index (κ3) is 6.29. The van der Waals surface area contributed by atoms with Gasteiger partial charge < -0.3 is 10.2 Å². The van der Waals surface area contributed by atoms with Crippen molar-refractivity contribution in [2.24, 2.45) is 5.92 Å². The fourth-order valence-corrected chi connectivity index (χ4v) is 8.41. The lowest BCUT2D eigenvalue weighted by atomic mass is 9.75. The van der Waals surface area contributed by atoms with E-state index in [9.17, 15) is 22.9 Å². The Hall–Kier alpha value is -3.43. The molecule has 2 aliphatic carbocycles. The quantitative estimate of drug-likeness (QED) is 0.391. The standard InChI is InChI=1S/C31H35FN6O3S2/c1-19-3-10-26(37-36-19)30-34-27(24-9-6-21(32)17-25(24)29(39)35-31(18-33)13-14-31)28(42-30)20-4-7-22(8-5-20)38-15-11-23(12-16-38)43(2,40)41/h3-5,7-8,10,21,23-25H,6,9,11-17H2,1-2H3,(H,35,39). The number of nitriles is 1. The highest BCUT2D eigenvalue weighted by Gasteiger charge is 2.48. The molecule has 1 N–H and O–H groups in total. The van der Waals surface area contributed by atoms with Crippen LogP contribution < -0.4 is 10.2 Å². The minimum absolute atomic E-state index is 0.0943. The van der Waals surface area contributed by atoms with Gasteiger partial charge in [0.1, 0.15) is 32.2 Å². The Kier molecular flexibility index (Phi) is 7.98. The Labute approximate surface area is 255 Å².